The van der Waals surface area contributed by atoms with Crippen molar-refractivity contribution in [2.45, 2.75) is 51.6 Å². The Kier molecular flexibility index (Phi) is 5.90. The van der Waals surface area contributed by atoms with Gasteiger partial charge in [-0.3, -0.25) is 10.1 Å². The topological polar surface area (TPSA) is 93.9 Å². The monoisotopic (exact) mass is 456 g/mol. The summed E-state index contributed by atoms with van der Waals surface area (Å²) in [6.45, 7) is 5.45. The summed E-state index contributed by atoms with van der Waals surface area (Å²) >= 11 is 7.87. The number of hydrogen-bond donors (Lipinski definition) is 2. The van der Waals surface area contributed by atoms with Crippen LogP contribution in [-0.4, -0.2) is 26.8 Å². The maximum Gasteiger partial charge on any atom is 0.333 e. The summed E-state index contributed by atoms with van der Waals surface area (Å²) in [7, 11) is 0. The highest BCUT2D eigenvalue weighted by molar-refractivity contribution is 7.16. The summed E-state index contributed by atoms with van der Waals surface area (Å²) in [5.74, 6) is 0.147. The number of carbonyl (C=O) groups excluding carboxylic acids is 1. The number of nitrogens with two attached hydrogens (primary N) is 1. The number of halogens is 1. The molecule has 1 saturated carbocycles. The van der Waals surface area contributed by atoms with Crippen LogP contribution in [0.5, 0.6) is 0 Å². The number of nitrogens with one attached hydrogen (secondary N) is 1. The van der Waals surface area contributed by atoms with Gasteiger partial charge in [-0.2, -0.15) is 5.10 Å². The molecular weight excluding hydrogens is 432 g/mol. The highest BCUT2D eigenvalue weighted by atomic mass is 35.5. The van der Waals surface area contributed by atoms with Gasteiger partial charge in [-0.25, -0.2) is 4.79 Å². The van der Waals surface area contributed by atoms with E-state index in [1.165, 1.54) is 30.3 Å². The number of thiophene rings is 1. The fourth-order valence-corrected chi connectivity index (χ4v) is 4.25. The van der Waals surface area contributed by atoms with Crippen LogP contribution in [0, 0.1) is 0 Å². The zero-order valence-corrected chi connectivity index (χ0v) is 19.3. The average molecular weight is 457 g/mol. The van der Waals surface area contributed by atoms with Gasteiger partial charge in [0.15, 0.2) is 0 Å². The Bertz CT molecular complexity index is 1140. The van der Waals surface area contributed by atoms with Gasteiger partial charge >= 0.3 is 5.97 Å². The molecule has 3 aromatic rings. The molecule has 0 aromatic carbocycles. The van der Waals surface area contributed by atoms with Crippen molar-refractivity contribution in [2.24, 2.45) is 5.73 Å². The Hall–Kier alpha value is -2.64. The summed E-state index contributed by atoms with van der Waals surface area (Å²) in [6.07, 6.45) is 6.08. The number of aromatic nitrogens is 3. The van der Waals surface area contributed by atoms with Crippen molar-refractivity contribution in [3.8, 4) is 10.6 Å². The molecule has 162 valence electrons. The van der Waals surface area contributed by atoms with E-state index in [4.69, 9.17) is 22.1 Å². The second kappa shape index (κ2) is 8.48. The number of esters is 1. The molecule has 1 fully saturated rings. The minimum absolute atomic E-state index is 0.366. The molecule has 0 saturated heterocycles. The van der Waals surface area contributed by atoms with E-state index in [0.29, 0.717) is 23.1 Å². The maximum atomic E-state index is 12.0. The predicted molar refractivity (Wildman–Crippen MR) is 124 cm³/mol. The van der Waals surface area contributed by atoms with Crippen molar-refractivity contribution in [3.05, 3.63) is 63.4 Å². The Morgan fingerprint density at radius 3 is 2.84 bits per heavy atom. The van der Waals surface area contributed by atoms with Gasteiger partial charge in [0.1, 0.15) is 5.60 Å². The molecule has 0 spiro atoms. The number of pyridine rings is 1. The van der Waals surface area contributed by atoms with Crippen LogP contribution in [0.15, 0.2) is 36.5 Å². The first-order chi connectivity index (χ1) is 14.7. The SMILES string of the molecule is CC(C)(C)OC(=O)/C=C(\N)c1ccc(-c2cc(Cc3cc(C4CC4)n[nH]3)c(Cl)cn2)s1. The van der Waals surface area contributed by atoms with Crippen LogP contribution < -0.4 is 5.73 Å². The molecule has 4 rings (SSSR count). The van der Waals surface area contributed by atoms with E-state index in [1.807, 2.05) is 39.0 Å². The van der Waals surface area contributed by atoms with Crippen LogP contribution in [-0.2, 0) is 16.0 Å². The molecule has 0 radical (unpaired) electrons. The van der Waals surface area contributed by atoms with Crippen LogP contribution in [0.3, 0.4) is 0 Å². The molecule has 3 aromatic heterocycles. The highest BCUT2D eigenvalue weighted by Gasteiger charge is 2.26. The Morgan fingerprint density at radius 1 is 1.35 bits per heavy atom. The van der Waals surface area contributed by atoms with Crippen molar-refractivity contribution >= 4 is 34.6 Å². The van der Waals surface area contributed by atoms with E-state index in [0.717, 1.165) is 32.4 Å². The third-order valence-electron chi connectivity index (χ3n) is 4.79. The lowest BCUT2D eigenvalue weighted by molar-refractivity contribution is -0.148. The van der Waals surface area contributed by atoms with E-state index in [-0.39, 0.29) is 0 Å². The lowest BCUT2D eigenvalue weighted by Gasteiger charge is -2.18. The lowest BCUT2D eigenvalue weighted by atomic mass is 10.1. The Morgan fingerprint density at radius 2 is 2.13 bits per heavy atom. The van der Waals surface area contributed by atoms with Gasteiger partial charge in [0, 0.05) is 30.3 Å². The summed E-state index contributed by atoms with van der Waals surface area (Å²) in [5, 5.41) is 8.15. The summed E-state index contributed by atoms with van der Waals surface area (Å²) in [5.41, 5.74) is 9.87. The van der Waals surface area contributed by atoms with E-state index in [1.54, 1.807) is 6.20 Å². The molecule has 0 amide bonds. The van der Waals surface area contributed by atoms with Crippen LogP contribution in [0.2, 0.25) is 5.02 Å². The molecule has 3 heterocycles. The number of aromatic amines is 1. The molecule has 0 aliphatic heterocycles. The van der Waals surface area contributed by atoms with E-state index < -0.39 is 11.6 Å². The van der Waals surface area contributed by atoms with Gasteiger partial charge in [-0.05, 0) is 63.4 Å². The zero-order valence-electron chi connectivity index (χ0n) is 17.7. The van der Waals surface area contributed by atoms with E-state index in [2.05, 4.69) is 21.2 Å². The van der Waals surface area contributed by atoms with E-state index >= 15 is 0 Å². The quantitative estimate of drug-likeness (QED) is 0.388. The number of hydrogen-bond acceptors (Lipinski definition) is 6. The lowest BCUT2D eigenvalue weighted by Crippen LogP contribution is -2.23. The number of rotatable bonds is 6. The van der Waals surface area contributed by atoms with Crippen LogP contribution in [0.4, 0.5) is 0 Å². The first-order valence-electron chi connectivity index (χ1n) is 10.2. The number of H-pyrrole nitrogens is 1. The number of carbonyl (C=O) groups is 1. The smallest absolute Gasteiger partial charge is 0.333 e. The Balaban J connectivity index is 1.51. The van der Waals surface area contributed by atoms with Crippen molar-refractivity contribution in [3.63, 3.8) is 0 Å². The second-order valence-corrected chi connectivity index (χ2v) is 10.2. The van der Waals surface area contributed by atoms with Gasteiger partial charge in [-0.1, -0.05) is 11.6 Å². The fourth-order valence-electron chi connectivity index (χ4n) is 3.17. The van der Waals surface area contributed by atoms with Gasteiger partial charge in [-0.15, -0.1) is 11.3 Å². The van der Waals surface area contributed by atoms with Crippen molar-refractivity contribution in [2.75, 3.05) is 0 Å². The van der Waals surface area contributed by atoms with Gasteiger partial charge in [0.25, 0.3) is 0 Å². The highest BCUT2D eigenvalue weighted by Crippen LogP contribution is 2.39. The summed E-state index contributed by atoms with van der Waals surface area (Å²) in [4.78, 5) is 18.2. The average Bonchev–Trinajstić information content (AvgIpc) is 3.22. The minimum atomic E-state index is -0.563. The maximum absolute atomic E-state index is 12.0. The first-order valence-corrected chi connectivity index (χ1v) is 11.4. The van der Waals surface area contributed by atoms with Crippen LogP contribution >= 0.6 is 22.9 Å². The number of nitrogens with zero attached hydrogens (tertiary/aromatic N) is 2. The standard InChI is InChI=1S/C23H25ClN4O2S/c1-23(2,3)30-22(29)11-17(25)20-6-7-21(31-20)19-9-14(16(24)12-26-19)8-15-10-18(28-27-15)13-4-5-13/h6-7,9-13H,4-5,8,25H2,1-3H3,(H,27,28)/b17-11-. The first kappa shape index (κ1) is 21.6. The van der Waals surface area contributed by atoms with Crippen LogP contribution in [0.25, 0.3) is 16.3 Å². The molecule has 1 aliphatic carbocycles. The molecule has 6 nitrogen and oxygen atoms in total. The molecular formula is C23H25ClN4O2S. The zero-order chi connectivity index (χ0) is 22.2. The Labute approximate surface area is 190 Å². The fraction of sp³-hybridized carbons (Fsp3) is 0.348. The molecule has 31 heavy (non-hydrogen) atoms. The predicted octanol–water partition coefficient (Wildman–Crippen LogP) is 5.30. The second-order valence-electron chi connectivity index (χ2n) is 8.73. The largest absolute Gasteiger partial charge is 0.457 e. The molecule has 3 N–H and O–H groups in total. The van der Waals surface area contributed by atoms with Crippen molar-refractivity contribution < 1.29 is 9.53 Å². The van der Waals surface area contributed by atoms with Crippen molar-refractivity contribution in [1.82, 2.24) is 15.2 Å². The van der Waals surface area contributed by atoms with Gasteiger partial charge < -0.3 is 10.5 Å². The normalized spacial score (nSPS) is 14.6. The van der Waals surface area contributed by atoms with Gasteiger partial charge in [0.2, 0.25) is 0 Å². The molecule has 0 atom stereocenters. The molecule has 0 bridgehead atoms. The molecule has 8 heteroatoms. The number of ether oxygens (including phenoxy) is 1. The molecule has 0 unspecified atom stereocenters. The third-order valence-corrected chi connectivity index (χ3v) is 6.28. The summed E-state index contributed by atoms with van der Waals surface area (Å²) in [6, 6.07) is 7.93. The molecule has 1 aliphatic rings. The summed E-state index contributed by atoms with van der Waals surface area (Å²) < 4.78 is 5.30. The van der Waals surface area contributed by atoms with Gasteiger partial charge in [0.05, 0.1) is 31.9 Å². The van der Waals surface area contributed by atoms with E-state index in [9.17, 15) is 4.79 Å². The third kappa shape index (κ3) is 5.54. The van der Waals surface area contributed by atoms with Crippen molar-refractivity contribution in [1.29, 1.82) is 0 Å². The van der Waals surface area contributed by atoms with Crippen LogP contribution in [0.1, 0.15) is 61.4 Å². The minimum Gasteiger partial charge on any atom is -0.457 e.